The van der Waals surface area contributed by atoms with Gasteiger partial charge < -0.3 is 10.5 Å². The van der Waals surface area contributed by atoms with Crippen molar-refractivity contribution in [1.29, 1.82) is 0 Å². The largest absolute Gasteiger partial charge is 0.492 e. The minimum Gasteiger partial charge on any atom is -0.492 e. The predicted octanol–water partition coefficient (Wildman–Crippen LogP) is 4.40. The van der Waals surface area contributed by atoms with E-state index in [4.69, 9.17) is 22.1 Å². The lowest BCUT2D eigenvalue weighted by atomic mass is 9.96. The Bertz CT molecular complexity index is 1070. The van der Waals surface area contributed by atoms with Gasteiger partial charge in [0.25, 0.3) is 0 Å². The molecule has 0 saturated carbocycles. The van der Waals surface area contributed by atoms with Crippen LogP contribution in [0.2, 0.25) is 5.02 Å². The van der Waals surface area contributed by atoms with Gasteiger partial charge in [-0.15, -0.1) is 0 Å². The van der Waals surface area contributed by atoms with Gasteiger partial charge in [0.15, 0.2) is 0 Å². The molecule has 0 aromatic heterocycles. The van der Waals surface area contributed by atoms with Crippen LogP contribution >= 0.6 is 11.6 Å². The van der Waals surface area contributed by atoms with Crippen LogP contribution in [-0.2, 0) is 6.54 Å². The van der Waals surface area contributed by atoms with Gasteiger partial charge in [0.2, 0.25) is 0 Å². The summed E-state index contributed by atoms with van der Waals surface area (Å²) in [5.74, 6) is 0.753. The molecule has 7 nitrogen and oxygen atoms in total. The Morgan fingerprint density at radius 3 is 2.20 bits per heavy atom. The van der Waals surface area contributed by atoms with Crippen molar-refractivity contribution < 1.29 is 14.7 Å². The van der Waals surface area contributed by atoms with Crippen molar-refractivity contribution in [3.63, 3.8) is 0 Å². The number of carbonyl (C=O) groups excluding carboxylic acids is 1. The molecular formula is C27H31ClN4O3. The zero-order valence-electron chi connectivity index (χ0n) is 19.6. The average molecular weight is 495 g/mol. The van der Waals surface area contributed by atoms with E-state index < -0.39 is 6.03 Å². The molecule has 1 heterocycles. The Balaban J connectivity index is 1.28. The average Bonchev–Trinajstić information content (AvgIpc) is 2.88. The number of hydrogen-bond acceptors (Lipinski definition) is 5. The smallest absolute Gasteiger partial charge is 0.338 e. The summed E-state index contributed by atoms with van der Waals surface area (Å²) < 4.78 is 5.90. The molecule has 0 aliphatic carbocycles. The molecule has 1 aliphatic rings. The Morgan fingerprint density at radius 1 is 0.943 bits per heavy atom. The lowest BCUT2D eigenvalue weighted by molar-refractivity contribution is -0.0470. The van der Waals surface area contributed by atoms with Gasteiger partial charge in [-0.2, -0.15) is 0 Å². The molecule has 3 N–H and O–H groups in total. The molecule has 0 bridgehead atoms. The van der Waals surface area contributed by atoms with Crippen LogP contribution in [-0.4, -0.2) is 65.4 Å². The molecule has 3 aromatic carbocycles. The highest BCUT2D eigenvalue weighted by Gasteiger charge is 2.26. The summed E-state index contributed by atoms with van der Waals surface area (Å²) in [6, 6.07) is 25.4. The Labute approximate surface area is 211 Å². The third-order valence-electron chi connectivity index (χ3n) is 6.26. The SMILES string of the molecule is NC(=O)N(O)Cc1ccc(OCCN2CCN([C@H](c3ccccc3)c3ccc(Cl)cc3)CC2)cc1. The van der Waals surface area contributed by atoms with Crippen LogP contribution in [0.3, 0.4) is 0 Å². The number of piperazine rings is 1. The minimum atomic E-state index is -0.881. The van der Waals surface area contributed by atoms with Gasteiger partial charge in [0.1, 0.15) is 12.4 Å². The van der Waals surface area contributed by atoms with E-state index in [1.807, 2.05) is 24.3 Å². The second kappa shape index (κ2) is 12.0. The highest BCUT2D eigenvalue weighted by Crippen LogP contribution is 2.30. The van der Waals surface area contributed by atoms with Crippen molar-refractivity contribution in [1.82, 2.24) is 14.9 Å². The first-order valence-corrected chi connectivity index (χ1v) is 12.1. The highest BCUT2D eigenvalue weighted by atomic mass is 35.5. The lowest BCUT2D eigenvalue weighted by Gasteiger charge is -2.39. The number of ether oxygens (including phenoxy) is 1. The number of nitrogens with two attached hydrogens (primary N) is 1. The third-order valence-corrected chi connectivity index (χ3v) is 6.51. The number of amides is 2. The molecule has 0 radical (unpaired) electrons. The Morgan fingerprint density at radius 2 is 1.57 bits per heavy atom. The van der Waals surface area contributed by atoms with Crippen molar-refractivity contribution >= 4 is 17.6 Å². The molecule has 4 rings (SSSR count). The van der Waals surface area contributed by atoms with Gasteiger partial charge in [-0.1, -0.05) is 66.2 Å². The first-order chi connectivity index (χ1) is 17.0. The quantitative estimate of drug-likeness (QED) is 0.340. The second-order valence-corrected chi connectivity index (χ2v) is 9.07. The van der Waals surface area contributed by atoms with Crippen LogP contribution in [0.15, 0.2) is 78.9 Å². The number of hydrogen-bond donors (Lipinski definition) is 2. The van der Waals surface area contributed by atoms with E-state index in [0.717, 1.165) is 49.1 Å². The molecule has 1 fully saturated rings. The van der Waals surface area contributed by atoms with Crippen LogP contribution in [0.4, 0.5) is 4.79 Å². The van der Waals surface area contributed by atoms with E-state index in [1.165, 1.54) is 11.1 Å². The van der Waals surface area contributed by atoms with E-state index in [-0.39, 0.29) is 12.6 Å². The van der Waals surface area contributed by atoms with Gasteiger partial charge in [-0.25, -0.2) is 9.86 Å². The van der Waals surface area contributed by atoms with Crippen LogP contribution < -0.4 is 10.5 Å². The zero-order valence-corrected chi connectivity index (χ0v) is 20.3. The minimum absolute atomic E-state index is 0.0416. The maximum absolute atomic E-state index is 10.9. The number of nitrogens with zero attached hydrogens (tertiary/aromatic N) is 3. The number of primary amides is 1. The van der Waals surface area contributed by atoms with Gasteiger partial charge in [-0.3, -0.25) is 15.0 Å². The molecule has 1 saturated heterocycles. The van der Waals surface area contributed by atoms with Gasteiger partial charge in [0, 0.05) is 37.7 Å². The summed E-state index contributed by atoms with van der Waals surface area (Å²) in [6.45, 7) is 5.35. The van der Waals surface area contributed by atoms with Gasteiger partial charge in [0.05, 0.1) is 12.6 Å². The van der Waals surface area contributed by atoms with Crippen molar-refractivity contribution in [2.75, 3.05) is 39.3 Å². The molecule has 1 atom stereocenters. The summed E-state index contributed by atoms with van der Waals surface area (Å²) in [4.78, 5) is 15.9. The molecular weight excluding hydrogens is 464 g/mol. The van der Waals surface area contributed by atoms with Gasteiger partial charge in [-0.05, 0) is 41.0 Å². The molecule has 35 heavy (non-hydrogen) atoms. The maximum Gasteiger partial charge on any atom is 0.338 e. The normalized spacial score (nSPS) is 15.5. The fraction of sp³-hybridized carbons (Fsp3) is 0.296. The number of rotatable bonds is 9. The maximum atomic E-state index is 10.9. The van der Waals surface area contributed by atoms with E-state index in [9.17, 15) is 10.0 Å². The van der Waals surface area contributed by atoms with E-state index in [1.54, 1.807) is 12.1 Å². The van der Waals surface area contributed by atoms with Crippen LogP contribution in [0.25, 0.3) is 0 Å². The van der Waals surface area contributed by atoms with E-state index >= 15 is 0 Å². The van der Waals surface area contributed by atoms with Crippen molar-refractivity contribution in [3.8, 4) is 5.75 Å². The monoisotopic (exact) mass is 494 g/mol. The van der Waals surface area contributed by atoms with Crippen molar-refractivity contribution in [2.45, 2.75) is 12.6 Å². The Hall–Kier alpha value is -3.10. The molecule has 0 spiro atoms. The summed E-state index contributed by atoms with van der Waals surface area (Å²) in [5, 5.41) is 10.7. The van der Waals surface area contributed by atoms with Crippen molar-refractivity contribution in [2.24, 2.45) is 5.73 Å². The highest BCUT2D eigenvalue weighted by molar-refractivity contribution is 6.30. The Kier molecular flexibility index (Phi) is 8.60. The zero-order chi connectivity index (χ0) is 24.6. The molecule has 184 valence electrons. The summed E-state index contributed by atoms with van der Waals surface area (Å²) in [5.41, 5.74) is 8.34. The van der Waals surface area contributed by atoms with Crippen molar-refractivity contribution in [3.05, 3.63) is 101 Å². The number of halogens is 1. The second-order valence-electron chi connectivity index (χ2n) is 8.63. The van der Waals surface area contributed by atoms with E-state index in [2.05, 4.69) is 52.3 Å². The van der Waals surface area contributed by atoms with Crippen LogP contribution in [0.5, 0.6) is 5.75 Å². The van der Waals surface area contributed by atoms with Crippen LogP contribution in [0.1, 0.15) is 22.7 Å². The number of hydroxylamine groups is 2. The molecule has 8 heteroatoms. The van der Waals surface area contributed by atoms with E-state index in [0.29, 0.717) is 11.7 Å². The molecule has 3 aromatic rings. The number of carbonyl (C=O) groups is 1. The topological polar surface area (TPSA) is 82.3 Å². The molecule has 1 aliphatic heterocycles. The third kappa shape index (κ3) is 6.96. The number of benzene rings is 3. The lowest BCUT2D eigenvalue weighted by Crippen LogP contribution is -2.48. The summed E-state index contributed by atoms with van der Waals surface area (Å²) in [7, 11) is 0. The van der Waals surface area contributed by atoms with Gasteiger partial charge >= 0.3 is 6.03 Å². The summed E-state index contributed by atoms with van der Waals surface area (Å²) in [6.07, 6.45) is 0. The van der Waals surface area contributed by atoms with Crippen LogP contribution in [0, 0.1) is 0 Å². The first-order valence-electron chi connectivity index (χ1n) is 11.7. The predicted molar refractivity (Wildman–Crippen MR) is 137 cm³/mol. The number of urea groups is 1. The standard InChI is InChI=1S/C27H31ClN4O3/c28-24-10-8-23(9-11-24)26(22-4-2-1-3-5-22)31-16-14-30(15-17-31)18-19-35-25-12-6-21(7-13-25)20-32(34)27(29)33/h1-13,26,34H,14-20H2,(H2,29,33)/t26-/m1/s1. The molecule has 0 unspecified atom stereocenters. The summed E-state index contributed by atoms with van der Waals surface area (Å²) >= 11 is 6.14. The fourth-order valence-electron chi connectivity index (χ4n) is 4.37. The first kappa shape index (κ1) is 25.0. The molecule has 2 amide bonds. The fourth-order valence-corrected chi connectivity index (χ4v) is 4.50.